The summed E-state index contributed by atoms with van der Waals surface area (Å²) in [6, 6.07) is 4.69. The first kappa shape index (κ1) is 19.3. The maximum Gasteiger partial charge on any atom is 0.159 e. The van der Waals surface area contributed by atoms with Crippen LogP contribution in [0, 0.1) is 0 Å². The highest BCUT2D eigenvalue weighted by molar-refractivity contribution is 6.38. The smallest absolute Gasteiger partial charge is 0.159 e. The number of hydrogen-bond acceptors (Lipinski definition) is 5. The fourth-order valence-corrected chi connectivity index (χ4v) is 4.79. The molecule has 0 spiro atoms. The van der Waals surface area contributed by atoms with Crippen molar-refractivity contribution in [1.82, 2.24) is 24.7 Å². The summed E-state index contributed by atoms with van der Waals surface area (Å²) in [5, 5.41) is 6.17. The van der Waals surface area contributed by atoms with Crippen molar-refractivity contribution in [2.75, 3.05) is 11.9 Å². The van der Waals surface area contributed by atoms with Crippen LogP contribution in [-0.4, -0.2) is 43.9 Å². The first-order valence-electron chi connectivity index (χ1n) is 10.5. The Hall–Kier alpha value is -2.64. The molecule has 1 saturated carbocycles. The SMILES string of the molecule is CCn1cc2c(Cl)c(-c3c[nH]c4nc(N(C)[C@@H]5CCC[C@H](N)C5)cnc34)ccc2n1. The van der Waals surface area contributed by atoms with Crippen LogP contribution >= 0.6 is 11.6 Å². The van der Waals surface area contributed by atoms with E-state index in [-0.39, 0.29) is 6.04 Å². The third kappa shape index (κ3) is 3.22. The molecule has 1 fully saturated rings. The highest BCUT2D eigenvalue weighted by Gasteiger charge is 2.24. The second-order valence-corrected chi connectivity index (χ2v) is 8.54. The van der Waals surface area contributed by atoms with E-state index in [4.69, 9.17) is 27.3 Å². The molecule has 4 aromatic rings. The standard InChI is InChI=1S/C22H26ClN7/c1-3-30-12-17-18(28-30)8-7-15(20(17)23)16-10-26-22-21(16)25-11-19(27-22)29(2)14-6-4-5-13(24)9-14/h7-8,10-14H,3-6,9,24H2,1-2H3,(H,26,27)/t13-,14+/m0/s1. The van der Waals surface area contributed by atoms with Crippen LogP contribution < -0.4 is 10.6 Å². The van der Waals surface area contributed by atoms with Crippen molar-refractivity contribution in [3.63, 3.8) is 0 Å². The predicted molar refractivity (Wildman–Crippen MR) is 122 cm³/mol. The second kappa shape index (κ2) is 7.56. The van der Waals surface area contributed by atoms with Crippen molar-refractivity contribution in [3.8, 4) is 11.1 Å². The van der Waals surface area contributed by atoms with Gasteiger partial charge in [0.2, 0.25) is 0 Å². The van der Waals surface area contributed by atoms with E-state index in [0.29, 0.717) is 11.1 Å². The predicted octanol–water partition coefficient (Wildman–Crippen LogP) is 4.35. The summed E-state index contributed by atoms with van der Waals surface area (Å²) in [5.74, 6) is 0.862. The van der Waals surface area contributed by atoms with E-state index in [1.807, 2.05) is 35.4 Å². The Kier molecular flexibility index (Phi) is 4.87. The number of rotatable bonds is 4. The van der Waals surface area contributed by atoms with Crippen LogP contribution in [0.4, 0.5) is 5.82 Å². The number of nitrogens with zero attached hydrogens (tertiary/aromatic N) is 5. The van der Waals surface area contributed by atoms with Gasteiger partial charge in [-0.3, -0.25) is 4.68 Å². The Balaban J connectivity index is 1.51. The minimum atomic E-state index is 0.272. The Bertz CT molecular complexity index is 1210. The van der Waals surface area contributed by atoms with Crippen LogP contribution in [0.2, 0.25) is 5.02 Å². The van der Waals surface area contributed by atoms with Gasteiger partial charge in [0.15, 0.2) is 5.65 Å². The van der Waals surface area contributed by atoms with Crippen molar-refractivity contribution >= 4 is 39.5 Å². The number of benzene rings is 1. The van der Waals surface area contributed by atoms with Gasteiger partial charge in [0, 0.05) is 54.6 Å². The van der Waals surface area contributed by atoms with Gasteiger partial charge in [0.25, 0.3) is 0 Å². The van der Waals surface area contributed by atoms with Gasteiger partial charge < -0.3 is 15.6 Å². The number of nitrogens with one attached hydrogen (secondary N) is 1. The number of aromatic nitrogens is 5. The van der Waals surface area contributed by atoms with E-state index >= 15 is 0 Å². The first-order chi connectivity index (χ1) is 14.5. The van der Waals surface area contributed by atoms with E-state index in [1.54, 1.807) is 0 Å². The van der Waals surface area contributed by atoms with Gasteiger partial charge in [-0.25, -0.2) is 9.97 Å². The van der Waals surface area contributed by atoms with Crippen molar-refractivity contribution in [3.05, 3.63) is 35.7 Å². The number of halogens is 1. The number of aryl methyl sites for hydroxylation is 1. The molecular formula is C22H26ClN7. The average Bonchev–Trinajstić information content (AvgIpc) is 3.37. The number of anilines is 1. The van der Waals surface area contributed by atoms with E-state index < -0.39 is 0 Å². The summed E-state index contributed by atoms with van der Waals surface area (Å²) in [6.07, 6.45) is 10.2. The fourth-order valence-electron chi connectivity index (χ4n) is 4.48. The molecule has 5 rings (SSSR count). The molecule has 3 aromatic heterocycles. The molecule has 30 heavy (non-hydrogen) atoms. The van der Waals surface area contributed by atoms with Crippen LogP contribution in [-0.2, 0) is 6.54 Å². The molecule has 8 heteroatoms. The number of H-pyrrole nitrogens is 1. The zero-order chi connectivity index (χ0) is 20.8. The number of nitrogens with two attached hydrogens (primary N) is 1. The minimum Gasteiger partial charge on any atom is -0.355 e. The normalized spacial score (nSPS) is 19.6. The van der Waals surface area contributed by atoms with Crippen molar-refractivity contribution in [2.45, 2.75) is 51.2 Å². The lowest BCUT2D eigenvalue weighted by molar-refractivity contribution is 0.381. The van der Waals surface area contributed by atoms with Crippen molar-refractivity contribution in [2.24, 2.45) is 5.73 Å². The molecule has 3 heterocycles. The third-order valence-corrected chi connectivity index (χ3v) is 6.66. The zero-order valence-electron chi connectivity index (χ0n) is 17.3. The van der Waals surface area contributed by atoms with E-state index in [1.165, 1.54) is 0 Å². The molecule has 0 amide bonds. The highest BCUT2D eigenvalue weighted by Crippen LogP contribution is 2.37. The largest absolute Gasteiger partial charge is 0.355 e. The quantitative estimate of drug-likeness (QED) is 0.509. The maximum absolute atomic E-state index is 6.77. The van der Waals surface area contributed by atoms with Crippen LogP contribution in [0.3, 0.4) is 0 Å². The molecular weight excluding hydrogens is 398 g/mol. The molecule has 0 saturated heterocycles. The number of fused-ring (bicyclic) bond motifs is 2. The first-order valence-corrected chi connectivity index (χ1v) is 10.9. The lowest BCUT2D eigenvalue weighted by atomic mass is 9.91. The van der Waals surface area contributed by atoms with Gasteiger partial charge in [-0.05, 0) is 38.7 Å². The molecule has 7 nitrogen and oxygen atoms in total. The van der Waals surface area contributed by atoms with Crippen molar-refractivity contribution in [1.29, 1.82) is 0 Å². The van der Waals surface area contributed by atoms with E-state index in [9.17, 15) is 0 Å². The van der Waals surface area contributed by atoms with Crippen LogP contribution in [0.5, 0.6) is 0 Å². The second-order valence-electron chi connectivity index (χ2n) is 8.16. The molecule has 0 bridgehead atoms. The third-order valence-electron chi connectivity index (χ3n) is 6.25. The topological polar surface area (TPSA) is 88.7 Å². The molecule has 3 N–H and O–H groups in total. The monoisotopic (exact) mass is 423 g/mol. The zero-order valence-corrected chi connectivity index (χ0v) is 18.0. The molecule has 0 unspecified atom stereocenters. The van der Waals surface area contributed by atoms with E-state index in [2.05, 4.69) is 29.0 Å². The lowest BCUT2D eigenvalue weighted by Crippen LogP contribution is -2.41. The van der Waals surface area contributed by atoms with Gasteiger partial charge >= 0.3 is 0 Å². The average molecular weight is 424 g/mol. The van der Waals surface area contributed by atoms with Crippen LogP contribution in [0.25, 0.3) is 33.2 Å². The van der Waals surface area contributed by atoms with Gasteiger partial charge in [-0.15, -0.1) is 0 Å². The van der Waals surface area contributed by atoms with E-state index in [0.717, 1.165) is 71.2 Å². The highest BCUT2D eigenvalue weighted by atomic mass is 35.5. The fraction of sp³-hybridized carbons (Fsp3) is 0.409. The molecule has 1 aliphatic rings. The Morgan fingerprint density at radius 1 is 1.30 bits per heavy atom. The summed E-state index contributed by atoms with van der Waals surface area (Å²) < 4.78 is 1.90. The van der Waals surface area contributed by atoms with Gasteiger partial charge in [-0.2, -0.15) is 5.10 Å². The molecule has 2 atom stereocenters. The summed E-state index contributed by atoms with van der Waals surface area (Å²) in [5.41, 5.74) is 10.5. The summed E-state index contributed by atoms with van der Waals surface area (Å²) in [6.45, 7) is 2.87. The Labute approximate surface area is 180 Å². The maximum atomic E-state index is 6.77. The van der Waals surface area contributed by atoms with Gasteiger partial charge in [0.05, 0.1) is 16.7 Å². The summed E-state index contributed by atoms with van der Waals surface area (Å²) in [4.78, 5) is 15.1. The van der Waals surface area contributed by atoms with Crippen LogP contribution in [0.1, 0.15) is 32.6 Å². The summed E-state index contributed by atoms with van der Waals surface area (Å²) in [7, 11) is 2.08. The van der Waals surface area contributed by atoms with Gasteiger partial charge in [0.1, 0.15) is 11.3 Å². The molecule has 1 aromatic carbocycles. The Morgan fingerprint density at radius 3 is 2.97 bits per heavy atom. The molecule has 156 valence electrons. The van der Waals surface area contributed by atoms with Gasteiger partial charge in [-0.1, -0.05) is 17.7 Å². The molecule has 0 aliphatic heterocycles. The Morgan fingerprint density at radius 2 is 2.17 bits per heavy atom. The number of aromatic amines is 1. The lowest BCUT2D eigenvalue weighted by Gasteiger charge is -2.34. The molecule has 0 radical (unpaired) electrons. The molecule has 1 aliphatic carbocycles. The van der Waals surface area contributed by atoms with Crippen LogP contribution in [0.15, 0.2) is 30.7 Å². The summed E-state index contributed by atoms with van der Waals surface area (Å²) >= 11 is 6.77. The minimum absolute atomic E-state index is 0.272. The number of hydrogen-bond donors (Lipinski definition) is 2. The van der Waals surface area contributed by atoms with Crippen molar-refractivity contribution < 1.29 is 0 Å².